The van der Waals surface area contributed by atoms with Crippen LogP contribution in [-0.2, 0) is 4.74 Å². The maximum atomic E-state index is 10.2. The van der Waals surface area contributed by atoms with Crippen molar-refractivity contribution in [1.29, 1.82) is 0 Å². The Labute approximate surface area is 54.3 Å². The summed E-state index contributed by atoms with van der Waals surface area (Å²) >= 11 is 0. The maximum absolute atomic E-state index is 10.2. The molecule has 1 unspecified atom stereocenters. The molecule has 1 saturated heterocycles. The number of ether oxygens (including phenoxy) is 1. The quantitative estimate of drug-likeness (QED) is 0.356. The minimum absolute atomic E-state index is 0.260. The van der Waals surface area contributed by atoms with Crippen molar-refractivity contribution in [3.05, 3.63) is 5.21 Å². The van der Waals surface area contributed by atoms with Crippen LogP contribution in [0.1, 0.15) is 6.92 Å². The van der Waals surface area contributed by atoms with Crippen molar-refractivity contribution in [2.75, 3.05) is 19.8 Å². The van der Waals surface area contributed by atoms with Gasteiger partial charge in [-0.3, -0.25) is 0 Å². The molecule has 1 aliphatic heterocycles. The van der Waals surface area contributed by atoms with Gasteiger partial charge in [-0.2, -0.15) is 5.01 Å². The zero-order chi connectivity index (χ0) is 6.69. The van der Waals surface area contributed by atoms with E-state index in [-0.39, 0.29) is 6.04 Å². The van der Waals surface area contributed by atoms with Gasteiger partial charge in [0, 0.05) is 0 Å². The normalized spacial score (nSPS) is 30.7. The molecule has 1 fully saturated rings. The molecule has 9 heavy (non-hydrogen) atoms. The average Bonchev–Trinajstić information content (AvgIpc) is 1.89. The van der Waals surface area contributed by atoms with Gasteiger partial charge in [0.1, 0.15) is 0 Å². The molecule has 0 aromatic heterocycles. The van der Waals surface area contributed by atoms with Gasteiger partial charge in [-0.25, -0.2) is 0 Å². The molecule has 1 atom stereocenters. The van der Waals surface area contributed by atoms with Gasteiger partial charge in [0.2, 0.25) is 0 Å². The Morgan fingerprint density at radius 1 is 1.78 bits per heavy atom. The fraction of sp³-hybridized carbons (Fsp3) is 1.00. The lowest BCUT2D eigenvalue weighted by atomic mass is 10.3. The van der Waals surface area contributed by atoms with Crippen LogP contribution >= 0.6 is 0 Å². The van der Waals surface area contributed by atoms with E-state index >= 15 is 0 Å². The minimum Gasteiger partial charge on any atom is -0.614 e. The molecule has 4 heteroatoms. The number of quaternary nitrogens is 1. The summed E-state index contributed by atoms with van der Waals surface area (Å²) in [5.41, 5.74) is 0.882. The summed E-state index contributed by atoms with van der Waals surface area (Å²) in [6.07, 6.45) is 0. The Balaban J connectivity index is 2.30. The Morgan fingerprint density at radius 2 is 2.56 bits per heavy atom. The first-order valence-electron chi connectivity index (χ1n) is 3.13. The number of rotatable bonds is 1. The zero-order valence-electron chi connectivity index (χ0n) is 5.54. The summed E-state index contributed by atoms with van der Waals surface area (Å²) in [5, 5.41) is 12.0. The van der Waals surface area contributed by atoms with Gasteiger partial charge in [-0.1, -0.05) is 0 Å². The Hall–Kier alpha value is -0.160. The van der Waals surface area contributed by atoms with Crippen LogP contribution in [0.4, 0.5) is 0 Å². The maximum Gasteiger partial charge on any atom is 0.0794 e. The van der Waals surface area contributed by atoms with E-state index in [1.165, 1.54) is 0 Å². The molecular weight excluding hydrogens is 120 g/mol. The molecule has 0 aromatic carbocycles. The largest absolute Gasteiger partial charge is 0.614 e. The fourth-order valence-electron chi connectivity index (χ4n) is 0.897. The predicted octanol–water partition coefficient (Wildman–Crippen LogP) is -1.32. The van der Waals surface area contributed by atoms with Crippen molar-refractivity contribution in [3.63, 3.8) is 0 Å². The molecule has 1 rings (SSSR count). The highest BCUT2D eigenvalue weighted by atomic mass is 16.5. The van der Waals surface area contributed by atoms with E-state index < -0.39 is 0 Å². The number of nitrogens with zero attached hydrogens (tertiary/aromatic N) is 1. The van der Waals surface area contributed by atoms with Gasteiger partial charge in [0.15, 0.2) is 0 Å². The van der Waals surface area contributed by atoms with Crippen LogP contribution in [0.5, 0.6) is 0 Å². The van der Waals surface area contributed by atoms with Crippen LogP contribution in [0.15, 0.2) is 0 Å². The molecule has 54 valence electrons. The van der Waals surface area contributed by atoms with E-state index in [1.54, 1.807) is 5.01 Å². The van der Waals surface area contributed by atoms with Crippen LogP contribution in [-0.4, -0.2) is 30.8 Å². The third kappa shape index (κ3) is 1.62. The van der Waals surface area contributed by atoms with Gasteiger partial charge < -0.3 is 15.5 Å². The molecular formula is C5H12N2O2. The average molecular weight is 132 g/mol. The van der Waals surface area contributed by atoms with Gasteiger partial charge in [-0.05, 0) is 6.92 Å². The van der Waals surface area contributed by atoms with Gasteiger partial charge in [-0.15, -0.1) is 0 Å². The summed E-state index contributed by atoms with van der Waals surface area (Å²) in [7, 11) is 0. The third-order valence-corrected chi connectivity index (χ3v) is 1.55. The molecule has 0 radical (unpaired) electrons. The van der Waals surface area contributed by atoms with E-state index in [0.717, 1.165) is 12.1 Å². The SMILES string of the molecule is CC1COCCN1[NH2+][O-]. The van der Waals surface area contributed by atoms with Crippen LogP contribution in [0.2, 0.25) is 0 Å². The van der Waals surface area contributed by atoms with Crippen molar-refractivity contribution in [1.82, 2.24) is 5.01 Å². The summed E-state index contributed by atoms with van der Waals surface area (Å²) < 4.78 is 5.11. The van der Waals surface area contributed by atoms with Crippen LogP contribution in [0, 0.1) is 5.21 Å². The smallest absolute Gasteiger partial charge is 0.0794 e. The van der Waals surface area contributed by atoms with Crippen molar-refractivity contribution in [3.8, 4) is 0 Å². The van der Waals surface area contributed by atoms with Crippen molar-refractivity contribution >= 4 is 0 Å². The van der Waals surface area contributed by atoms with Crippen molar-refractivity contribution < 1.29 is 10.3 Å². The highest BCUT2D eigenvalue weighted by Gasteiger charge is 2.18. The summed E-state index contributed by atoms with van der Waals surface area (Å²) in [5.74, 6) is 0. The number of nitrogens with two attached hydrogens (primary N) is 1. The topological polar surface area (TPSA) is 52.1 Å². The van der Waals surface area contributed by atoms with E-state index in [9.17, 15) is 5.21 Å². The zero-order valence-corrected chi connectivity index (χ0v) is 5.54. The van der Waals surface area contributed by atoms with Gasteiger partial charge >= 0.3 is 0 Å². The molecule has 4 nitrogen and oxygen atoms in total. The van der Waals surface area contributed by atoms with Crippen LogP contribution in [0.3, 0.4) is 0 Å². The van der Waals surface area contributed by atoms with E-state index in [0.29, 0.717) is 13.2 Å². The lowest BCUT2D eigenvalue weighted by Gasteiger charge is -2.30. The summed E-state index contributed by atoms with van der Waals surface area (Å²) in [4.78, 5) is 0. The number of hydrogen-bond acceptors (Lipinski definition) is 3. The van der Waals surface area contributed by atoms with Crippen LogP contribution < -0.4 is 5.59 Å². The molecule has 1 aliphatic rings. The summed E-state index contributed by atoms with van der Waals surface area (Å²) in [6.45, 7) is 4.08. The predicted molar refractivity (Wildman–Crippen MR) is 32.3 cm³/mol. The highest BCUT2D eigenvalue weighted by molar-refractivity contribution is 4.61. The third-order valence-electron chi connectivity index (χ3n) is 1.55. The second kappa shape index (κ2) is 3.12. The standard InChI is InChI=1S/C5H12N2O2/c1-5-4-9-3-2-7(5)6-8/h5H,2-4,6H2,1H3. The van der Waals surface area contributed by atoms with Crippen molar-refractivity contribution in [2.45, 2.75) is 13.0 Å². The number of morpholine rings is 1. The van der Waals surface area contributed by atoms with E-state index in [4.69, 9.17) is 4.74 Å². The molecule has 2 N–H and O–H groups in total. The Bertz CT molecular complexity index is 89.0. The second-order valence-electron chi connectivity index (χ2n) is 2.27. The first-order valence-corrected chi connectivity index (χ1v) is 3.13. The molecule has 1 heterocycles. The Kier molecular flexibility index (Phi) is 2.41. The molecule has 0 aliphatic carbocycles. The van der Waals surface area contributed by atoms with Crippen molar-refractivity contribution in [2.24, 2.45) is 0 Å². The molecule has 0 saturated carbocycles. The van der Waals surface area contributed by atoms with E-state index in [2.05, 4.69) is 0 Å². The second-order valence-corrected chi connectivity index (χ2v) is 2.27. The Morgan fingerprint density at radius 3 is 3.00 bits per heavy atom. The summed E-state index contributed by atoms with van der Waals surface area (Å²) in [6, 6.07) is 0.260. The van der Waals surface area contributed by atoms with Crippen LogP contribution in [0.25, 0.3) is 0 Å². The lowest BCUT2D eigenvalue weighted by molar-refractivity contribution is -0.762. The van der Waals surface area contributed by atoms with Gasteiger partial charge in [0.05, 0.1) is 25.8 Å². The molecule has 0 spiro atoms. The first-order chi connectivity index (χ1) is 4.34. The minimum atomic E-state index is 0.260. The highest BCUT2D eigenvalue weighted by Crippen LogP contribution is 1.97. The fourth-order valence-corrected chi connectivity index (χ4v) is 0.897. The molecule has 0 aromatic rings. The first kappa shape index (κ1) is 6.95. The monoisotopic (exact) mass is 132 g/mol. The van der Waals surface area contributed by atoms with Gasteiger partial charge in [0.25, 0.3) is 0 Å². The molecule has 0 amide bonds. The van der Waals surface area contributed by atoms with E-state index in [1.807, 2.05) is 6.92 Å². The number of hydrogen-bond donors (Lipinski definition) is 1. The lowest BCUT2D eigenvalue weighted by Crippen LogP contribution is -2.91. The molecule has 0 bridgehead atoms.